The molecule has 2 rings (SSSR count). The molecule has 0 aliphatic heterocycles. The number of hydrogen-bond acceptors (Lipinski definition) is 5. The summed E-state index contributed by atoms with van der Waals surface area (Å²) < 4.78 is 26.9. The SMILES string of the molecule is Cc1cc([N+](=O)[O-])cnc1NCCNC(=O)c1c(F)cccc1F. The third-order valence-electron chi connectivity index (χ3n) is 3.17. The molecule has 2 aromatic rings. The largest absolute Gasteiger partial charge is 0.368 e. The van der Waals surface area contributed by atoms with Gasteiger partial charge in [-0.1, -0.05) is 6.07 Å². The predicted molar refractivity (Wildman–Crippen MR) is 82.8 cm³/mol. The number of amides is 1. The first-order valence-electron chi connectivity index (χ1n) is 6.97. The lowest BCUT2D eigenvalue weighted by molar-refractivity contribution is -0.385. The maximum absolute atomic E-state index is 13.4. The zero-order valence-corrected chi connectivity index (χ0v) is 12.7. The molecule has 24 heavy (non-hydrogen) atoms. The van der Waals surface area contributed by atoms with Crippen molar-refractivity contribution in [3.8, 4) is 0 Å². The molecule has 7 nitrogen and oxygen atoms in total. The number of nitrogens with zero attached hydrogens (tertiary/aromatic N) is 2. The van der Waals surface area contributed by atoms with Gasteiger partial charge in [0.05, 0.1) is 4.92 Å². The summed E-state index contributed by atoms with van der Waals surface area (Å²) in [4.78, 5) is 25.8. The van der Waals surface area contributed by atoms with Crippen LogP contribution in [0.25, 0.3) is 0 Å². The van der Waals surface area contributed by atoms with Crippen molar-refractivity contribution in [3.63, 3.8) is 0 Å². The van der Waals surface area contributed by atoms with Crippen LogP contribution in [0.3, 0.4) is 0 Å². The second kappa shape index (κ2) is 7.44. The van der Waals surface area contributed by atoms with Gasteiger partial charge in [-0.05, 0) is 24.6 Å². The first kappa shape index (κ1) is 17.3. The Kier molecular flexibility index (Phi) is 5.35. The van der Waals surface area contributed by atoms with Crippen LogP contribution in [0.2, 0.25) is 0 Å². The Bertz CT molecular complexity index is 763. The van der Waals surface area contributed by atoms with Crippen molar-refractivity contribution < 1.29 is 18.5 Å². The summed E-state index contributed by atoms with van der Waals surface area (Å²) in [6.07, 6.45) is 1.11. The van der Waals surface area contributed by atoms with E-state index in [-0.39, 0.29) is 18.8 Å². The third-order valence-corrected chi connectivity index (χ3v) is 3.17. The molecule has 9 heteroatoms. The van der Waals surface area contributed by atoms with E-state index in [1.165, 1.54) is 12.1 Å². The number of benzene rings is 1. The van der Waals surface area contributed by atoms with Crippen LogP contribution < -0.4 is 10.6 Å². The molecular weight excluding hydrogens is 322 g/mol. The van der Waals surface area contributed by atoms with Crippen LogP contribution in [0.15, 0.2) is 30.5 Å². The van der Waals surface area contributed by atoms with Gasteiger partial charge in [-0.25, -0.2) is 13.8 Å². The van der Waals surface area contributed by atoms with E-state index in [0.717, 1.165) is 18.3 Å². The molecule has 0 saturated carbocycles. The Morgan fingerprint density at radius 2 is 1.96 bits per heavy atom. The van der Waals surface area contributed by atoms with Gasteiger partial charge in [0.15, 0.2) is 0 Å². The number of aromatic nitrogens is 1. The molecule has 0 bridgehead atoms. The minimum atomic E-state index is -0.937. The lowest BCUT2D eigenvalue weighted by Crippen LogP contribution is -2.30. The van der Waals surface area contributed by atoms with Crippen molar-refractivity contribution >= 4 is 17.4 Å². The van der Waals surface area contributed by atoms with Crippen LogP contribution >= 0.6 is 0 Å². The molecule has 1 aromatic carbocycles. The molecule has 0 atom stereocenters. The monoisotopic (exact) mass is 336 g/mol. The van der Waals surface area contributed by atoms with Crippen molar-refractivity contribution in [3.05, 3.63) is 63.3 Å². The van der Waals surface area contributed by atoms with E-state index in [1.54, 1.807) is 6.92 Å². The predicted octanol–water partition coefficient (Wildman–Crippen LogP) is 2.42. The number of anilines is 1. The molecule has 0 unspecified atom stereocenters. The average molecular weight is 336 g/mol. The van der Waals surface area contributed by atoms with Crippen molar-refractivity contribution in [2.45, 2.75) is 6.92 Å². The highest BCUT2D eigenvalue weighted by Gasteiger charge is 2.16. The second-order valence-corrected chi connectivity index (χ2v) is 4.90. The van der Waals surface area contributed by atoms with Crippen molar-refractivity contribution in [1.29, 1.82) is 0 Å². The molecule has 1 aromatic heterocycles. The van der Waals surface area contributed by atoms with E-state index in [1.807, 2.05) is 0 Å². The second-order valence-electron chi connectivity index (χ2n) is 4.90. The maximum atomic E-state index is 13.4. The molecule has 0 spiro atoms. The number of hydrogen-bond donors (Lipinski definition) is 2. The van der Waals surface area contributed by atoms with Gasteiger partial charge >= 0.3 is 0 Å². The van der Waals surface area contributed by atoms with Crippen LogP contribution in [-0.2, 0) is 0 Å². The lowest BCUT2D eigenvalue weighted by Gasteiger charge is -2.10. The van der Waals surface area contributed by atoms with Crippen LogP contribution in [0.4, 0.5) is 20.3 Å². The summed E-state index contributed by atoms with van der Waals surface area (Å²) in [7, 11) is 0. The number of aryl methyl sites for hydroxylation is 1. The number of nitrogens with one attached hydrogen (secondary N) is 2. The Hall–Kier alpha value is -3.10. The maximum Gasteiger partial charge on any atom is 0.287 e. The standard InChI is InChI=1S/C15H14F2N4O3/c1-9-7-10(21(23)24)8-20-14(9)18-5-6-19-15(22)13-11(16)3-2-4-12(13)17/h2-4,7-8H,5-6H2,1H3,(H,18,20)(H,19,22). The minimum Gasteiger partial charge on any atom is -0.368 e. The van der Waals surface area contributed by atoms with E-state index in [9.17, 15) is 23.7 Å². The van der Waals surface area contributed by atoms with Gasteiger partial charge in [-0.15, -0.1) is 0 Å². The van der Waals surface area contributed by atoms with E-state index < -0.39 is 28.0 Å². The first-order chi connectivity index (χ1) is 11.4. The number of carbonyl (C=O) groups is 1. The molecule has 1 amide bonds. The number of carbonyl (C=O) groups excluding carboxylic acids is 1. The minimum absolute atomic E-state index is 0.0880. The van der Waals surface area contributed by atoms with E-state index in [4.69, 9.17) is 0 Å². The van der Waals surface area contributed by atoms with Crippen molar-refractivity contribution in [1.82, 2.24) is 10.3 Å². The molecule has 0 aliphatic rings. The molecule has 2 N–H and O–H groups in total. The number of rotatable bonds is 6. The number of pyridine rings is 1. The molecule has 0 radical (unpaired) electrons. The molecule has 0 aliphatic carbocycles. The van der Waals surface area contributed by atoms with Gasteiger partial charge in [0.25, 0.3) is 11.6 Å². The first-order valence-corrected chi connectivity index (χ1v) is 6.97. The summed E-state index contributed by atoms with van der Waals surface area (Å²) in [6.45, 7) is 1.97. The highest BCUT2D eigenvalue weighted by molar-refractivity contribution is 5.94. The fourth-order valence-electron chi connectivity index (χ4n) is 2.00. The fourth-order valence-corrected chi connectivity index (χ4v) is 2.00. The Labute approximate surface area is 135 Å². The molecule has 0 saturated heterocycles. The molecule has 1 heterocycles. The number of nitro groups is 1. The van der Waals surface area contributed by atoms with Gasteiger partial charge in [0.1, 0.15) is 29.2 Å². The van der Waals surface area contributed by atoms with Crippen LogP contribution in [0, 0.1) is 28.7 Å². The third kappa shape index (κ3) is 4.00. The summed E-state index contributed by atoms with van der Waals surface area (Å²) in [5.74, 6) is -2.31. The Morgan fingerprint density at radius 3 is 2.54 bits per heavy atom. The van der Waals surface area contributed by atoms with Gasteiger partial charge in [-0.2, -0.15) is 0 Å². The summed E-state index contributed by atoms with van der Waals surface area (Å²) in [5.41, 5.74) is -0.195. The van der Waals surface area contributed by atoms with Crippen LogP contribution in [0.5, 0.6) is 0 Å². The van der Waals surface area contributed by atoms with Crippen LogP contribution in [0.1, 0.15) is 15.9 Å². The zero-order valence-electron chi connectivity index (χ0n) is 12.7. The molecular formula is C15H14F2N4O3. The van der Waals surface area contributed by atoms with Crippen LogP contribution in [-0.4, -0.2) is 28.9 Å². The molecule has 0 fully saturated rings. The highest BCUT2D eigenvalue weighted by Crippen LogP contribution is 2.17. The normalized spacial score (nSPS) is 10.3. The summed E-state index contributed by atoms with van der Waals surface area (Å²) >= 11 is 0. The van der Waals surface area contributed by atoms with Crippen molar-refractivity contribution in [2.75, 3.05) is 18.4 Å². The smallest absolute Gasteiger partial charge is 0.287 e. The van der Waals surface area contributed by atoms with Gasteiger partial charge < -0.3 is 10.6 Å². The van der Waals surface area contributed by atoms with E-state index >= 15 is 0 Å². The Balaban J connectivity index is 1.89. The molecule has 126 valence electrons. The average Bonchev–Trinajstić information content (AvgIpc) is 2.52. The van der Waals surface area contributed by atoms with Gasteiger partial charge in [0, 0.05) is 19.2 Å². The fraction of sp³-hybridized carbons (Fsp3) is 0.200. The topological polar surface area (TPSA) is 97.2 Å². The highest BCUT2D eigenvalue weighted by atomic mass is 19.1. The lowest BCUT2D eigenvalue weighted by atomic mass is 10.2. The summed E-state index contributed by atoms with van der Waals surface area (Å²) in [5, 5.41) is 15.9. The quantitative estimate of drug-likeness (QED) is 0.480. The van der Waals surface area contributed by atoms with E-state index in [2.05, 4.69) is 15.6 Å². The van der Waals surface area contributed by atoms with Gasteiger partial charge in [0.2, 0.25) is 0 Å². The van der Waals surface area contributed by atoms with Crippen molar-refractivity contribution in [2.24, 2.45) is 0 Å². The zero-order chi connectivity index (χ0) is 17.7. The Morgan fingerprint density at radius 1 is 1.29 bits per heavy atom. The number of halogens is 2. The summed E-state index contributed by atoms with van der Waals surface area (Å²) in [6, 6.07) is 4.54. The van der Waals surface area contributed by atoms with E-state index in [0.29, 0.717) is 11.4 Å². The van der Waals surface area contributed by atoms with Gasteiger partial charge in [-0.3, -0.25) is 14.9 Å².